The highest BCUT2D eigenvalue weighted by Crippen LogP contribution is 2.21. The second kappa shape index (κ2) is 8.65. The van der Waals surface area contributed by atoms with Gasteiger partial charge in [-0.05, 0) is 37.8 Å². The Morgan fingerprint density at radius 2 is 1.92 bits per heavy atom. The molecule has 6 nitrogen and oxygen atoms in total. The molecule has 136 valence electrons. The zero-order valence-corrected chi connectivity index (χ0v) is 15.0. The van der Waals surface area contributed by atoms with Crippen molar-refractivity contribution < 1.29 is 19.1 Å². The summed E-state index contributed by atoms with van der Waals surface area (Å²) in [5.41, 5.74) is 0.563. The normalized spacial score (nSPS) is 18.1. The number of hydrogen-bond acceptors (Lipinski definition) is 4. The Kier molecular flexibility index (Phi) is 6.56. The number of nitrogens with zero attached hydrogens (tertiary/aromatic N) is 1. The minimum atomic E-state index is -0.707. The van der Waals surface area contributed by atoms with E-state index in [1.54, 1.807) is 36.1 Å². The van der Waals surface area contributed by atoms with Crippen molar-refractivity contribution in [3.05, 3.63) is 35.9 Å². The molecule has 0 aliphatic carbocycles. The molecule has 1 aromatic rings. The van der Waals surface area contributed by atoms with Crippen molar-refractivity contribution in [1.29, 1.82) is 0 Å². The maximum atomic E-state index is 12.7. The average molecular weight is 346 g/mol. The number of carbonyl (C=O) groups excluding carboxylic acids is 3. The summed E-state index contributed by atoms with van der Waals surface area (Å²) in [7, 11) is 0. The molecule has 1 aliphatic rings. The number of amides is 2. The highest BCUT2D eigenvalue weighted by Gasteiger charge is 2.37. The van der Waals surface area contributed by atoms with Crippen LogP contribution in [0.2, 0.25) is 0 Å². The summed E-state index contributed by atoms with van der Waals surface area (Å²) in [6.07, 6.45) is 1.36. The Balaban J connectivity index is 2.09. The minimum Gasteiger partial charge on any atom is -0.464 e. The molecule has 0 saturated carbocycles. The lowest BCUT2D eigenvalue weighted by Gasteiger charge is -2.27. The van der Waals surface area contributed by atoms with E-state index in [9.17, 15) is 14.4 Å². The van der Waals surface area contributed by atoms with Gasteiger partial charge < -0.3 is 15.0 Å². The first-order valence-electron chi connectivity index (χ1n) is 8.78. The standard InChI is InChI=1S/C19H26N2O4/c1-4-25-19(24)16(13(2)3)20-17(22)15-11-8-12-21(15)18(23)14-9-6-5-7-10-14/h5-7,9-10,13,15-16H,4,8,11-12H2,1-3H3,(H,20,22)/t15-,16-/m0/s1. The van der Waals surface area contributed by atoms with Gasteiger partial charge in [-0.1, -0.05) is 32.0 Å². The molecule has 0 unspecified atom stereocenters. The van der Waals surface area contributed by atoms with E-state index in [1.807, 2.05) is 19.9 Å². The van der Waals surface area contributed by atoms with Crippen molar-refractivity contribution in [3.8, 4) is 0 Å². The predicted molar refractivity (Wildman–Crippen MR) is 93.9 cm³/mol. The zero-order chi connectivity index (χ0) is 18.4. The summed E-state index contributed by atoms with van der Waals surface area (Å²) in [5, 5.41) is 2.77. The van der Waals surface area contributed by atoms with E-state index in [4.69, 9.17) is 4.74 Å². The van der Waals surface area contributed by atoms with Crippen molar-refractivity contribution in [2.45, 2.75) is 45.7 Å². The van der Waals surface area contributed by atoms with Gasteiger partial charge in [0.1, 0.15) is 12.1 Å². The highest BCUT2D eigenvalue weighted by atomic mass is 16.5. The van der Waals surface area contributed by atoms with Gasteiger partial charge in [-0.25, -0.2) is 4.79 Å². The van der Waals surface area contributed by atoms with E-state index in [2.05, 4.69) is 5.32 Å². The first-order chi connectivity index (χ1) is 12.0. The SMILES string of the molecule is CCOC(=O)[C@@H](NC(=O)[C@@H]1CCCN1C(=O)c1ccccc1)C(C)C. The van der Waals surface area contributed by atoms with E-state index >= 15 is 0 Å². The molecule has 1 aliphatic heterocycles. The number of carbonyl (C=O) groups is 3. The molecule has 0 aromatic heterocycles. The van der Waals surface area contributed by atoms with Crippen LogP contribution >= 0.6 is 0 Å². The molecule has 0 radical (unpaired) electrons. The Labute approximate surface area is 148 Å². The lowest BCUT2D eigenvalue weighted by atomic mass is 10.0. The van der Waals surface area contributed by atoms with Crippen molar-refractivity contribution >= 4 is 17.8 Å². The van der Waals surface area contributed by atoms with Gasteiger partial charge in [0.05, 0.1) is 6.61 Å². The molecule has 2 amide bonds. The van der Waals surface area contributed by atoms with Crippen LogP contribution in [-0.4, -0.2) is 47.9 Å². The van der Waals surface area contributed by atoms with Crippen LogP contribution in [0.25, 0.3) is 0 Å². The fraction of sp³-hybridized carbons (Fsp3) is 0.526. The first kappa shape index (κ1) is 19.0. The zero-order valence-electron chi connectivity index (χ0n) is 15.0. The number of benzene rings is 1. The van der Waals surface area contributed by atoms with E-state index in [0.29, 0.717) is 18.5 Å². The summed E-state index contributed by atoms with van der Waals surface area (Å²) in [4.78, 5) is 39.0. The van der Waals surface area contributed by atoms with Crippen LogP contribution in [0.5, 0.6) is 0 Å². The van der Waals surface area contributed by atoms with Gasteiger partial charge in [-0.2, -0.15) is 0 Å². The van der Waals surface area contributed by atoms with Gasteiger partial charge in [-0.3, -0.25) is 9.59 Å². The molecular formula is C19H26N2O4. The summed E-state index contributed by atoms with van der Waals surface area (Å²) >= 11 is 0. The monoisotopic (exact) mass is 346 g/mol. The third-order valence-electron chi connectivity index (χ3n) is 4.34. The molecule has 2 atom stereocenters. The number of likely N-dealkylation sites (tertiary alicyclic amines) is 1. The summed E-state index contributed by atoms with van der Waals surface area (Å²) in [5.74, 6) is -0.989. The van der Waals surface area contributed by atoms with E-state index in [0.717, 1.165) is 6.42 Å². The lowest BCUT2D eigenvalue weighted by molar-refractivity contribution is -0.149. The molecule has 25 heavy (non-hydrogen) atoms. The third-order valence-corrected chi connectivity index (χ3v) is 4.34. The van der Waals surface area contributed by atoms with E-state index < -0.39 is 18.1 Å². The minimum absolute atomic E-state index is 0.0947. The molecule has 1 fully saturated rings. The fourth-order valence-corrected chi connectivity index (χ4v) is 3.01. The number of ether oxygens (including phenoxy) is 1. The molecule has 1 N–H and O–H groups in total. The highest BCUT2D eigenvalue weighted by molar-refractivity contribution is 5.98. The first-order valence-corrected chi connectivity index (χ1v) is 8.78. The summed E-state index contributed by atoms with van der Waals surface area (Å²) in [6, 6.07) is 7.67. The van der Waals surface area contributed by atoms with Crippen molar-refractivity contribution in [1.82, 2.24) is 10.2 Å². The molecule has 1 saturated heterocycles. The van der Waals surface area contributed by atoms with Crippen LogP contribution in [0.3, 0.4) is 0 Å². The largest absolute Gasteiger partial charge is 0.464 e. The van der Waals surface area contributed by atoms with Crippen LogP contribution in [0.15, 0.2) is 30.3 Å². The average Bonchev–Trinajstić information content (AvgIpc) is 3.09. The number of esters is 1. The van der Waals surface area contributed by atoms with Crippen molar-refractivity contribution in [2.75, 3.05) is 13.2 Å². The van der Waals surface area contributed by atoms with Gasteiger partial charge in [0, 0.05) is 12.1 Å². The second-order valence-electron chi connectivity index (χ2n) is 6.50. The molecule has 1 aromatic carbocycles. The van der Waals surface area contributed by atoms with Gasteiger partial charge in [-0.15, -0.1) is 0 Å². The smallest absolute Gasteiger partial charge is 0.328 e. The molecular weight excluding hydrogens is 320 g/mol. The number of hydrogen-bond donors (Lipinski definition) is 1. The molecule has 2 rings (SSSR count). The topological polar surface area (TPSA) is 75.7 Å². The lowest BCUT2D eigenvalue weighted by Crippen LogP contribution is -2.52. The summed E-state index contributed by atoms with van der Waals surface area (Å²) < 4.78 is 5.04. The molecule has 0 spiro atoms. The fourth-order valence-electron chi connectivity index (χ4n) is 3.01. The maximum absolute atomic E-state index is 12.7. The third kappa shape index (κ3) is 4.59. The van der Waals surface area contributed by atoms with Gasteiger partial charge in [0.25, 0.3) is 5.91 Å². The molecule has 0 bridgehead atoms. The Morgan fingerprint density at radius 1 is 1.24 bits per heavy atom. The van der Waals surface area contributed by atoms with Crippen LogP contribution in [0.1, 0.15) is 44.0 Å². The van der Waals surface area contributed by atoms with E-state index in [-0.39, 0.29) is 24.3 Å². The number of rotatable bonds is 6. The Bertz CT molecular complexity index is 615. The van der Waals surface area contributed by atoms with Crippen molar-refractivity contribution in [2.24, 2.45) is 5.92 Å². The van der Waals surface area contributed by atoms with Crippen LogP contribution < -0.4 is 5.32 Å². The Morgan fingerprint density at radius 3 is 2.52 bits per heavy atom. The number of nitrogens with one attached hydrogen (secondary N) is 1. The molecule has 6 heteroatoms. The second-order valence-corrected chi connectivity index (χ2v) is 6.50. The molecule has 1 heterocycles. The maximum Gasteiger partial charge on any atom is 0.328 e. The van der Waals surface area contributed by atoms with Crippen LogP contribution in [0, 0.1) is 5.92 Å². The quantitative estimate of drug-likeness (QED) is 0.800. The Hall–Kier alpha value is -2.37. The van der Waals surface area contributed by atoms with Crippen LogP contribution in [0.4, 0.5) is 0 Å². The predicted octanol–water partition coefficient (Wildman–Crippen LogP) is 2.00. The summed E-state index contributed by atoms with van der Waals surface area (Å²) in [6.45, 7) is 6.23. The van der Waals surface area contributed by atoms with Gasteiger partial charge in [0.15, 0.2) is 0 Å². The van der Waals surface area contributed by atoms with Gasteiger partial charge >= 0.3 is 5.97 Å². The van der Waals surface area contributed by atoms with Crippen molar-refractivity contribution in [3.63, 3.8) is 0 Å². The van der Waals surface area contributed by atoms with E-state index in [1.165, 1.54) is 0 Å². The van der Waals surface area contributed by atoms with Gasteiger partial charge in [0.2, 0.25) is 5.91 Å². The van der Waals surface area contributed by atoms with Crippen LogP contribution in [-0.2, 0) is 14.3 Å².